The van der Waals surface area contributed by atoms with E-state index in [1.807, 2.05) is 0 Å². The van der Waals surface area contributed by atoms with Gasteiger partial charge in [0.05, 0.1) is 31.4 Å². The van der Waals surface area contributed by atoms with Crippen molar-refractivity contribution in [2.75, 3.05) is 12.1 Å². The van der Waals surface area contributed by atoms with Gasteiger partial charge in [-0.3, -0.25) is 0 Å². The summed E-state index contributed by atoms with van der Waals surface area (Å²) in [5, 5.41) is -0.797. The standard InChI is InChI=1S/C11H9Cl5O4S/c1-4-7(14)6(11(17)20-5(13)3-12)8(15)9(16)10(4)21(2,18)19/h5H,3H2,1-2H3. The number of esters is 1. The summed E-state index contributed by atoms with van der Waals surface area (Å²) in [5.74, 6) is -1.09. The number of benzene rings is 1. The summed E-state index contributed by atoms with van der Waals surface area (Å²) in [6.45, 7) is 1.40. The molecule has 0 aliphatic carbocycles. The Morgan fingerprint density at radius 3 is 2.14 bits per heavy atom. The number of ether oxygens (including phenoxy) is 1. The van der Waals surface area contributed by atoms with Gasteiger partial charge in [-0.2, -0.15) is 0 Å². The first-order chi connectivity index (χ1) is 9.52. The monoisotopic (exact) mass is 412 g/mol. The van der Waals surface area contributed by atoms with Crippen molar-refractivity contribution in [1.82, 2.24) is 0 Å². The second-order valence-corrected chi connectivity index (χ2v) is 7.89. The molecule has 0 saturated carbocycles. The van der Waals surface area contributed by atoms with Crippen LogP contribution in [-0.2, 0) is 14.6 Å². The second kappa shape index (κ2) is 7.11. The van der Waals surface area contributed by atoms with Gasteiger partial charge in [0.15, 0.2) is 15.4 Å². The van der Waals surface area contributed by atoms with Crippen LogP contribution in [-0.4, -0.2) is 32.1 Å². The van der Waals surface area contributed by atoms with Crippen molar-refractivity contribution in [2.24, 2.45) is 0 Å². The summed E-state index contributed by atoms with van der Waals surface area (Å²) < 4.78 is 28.3. The fraction of sp³-hybridized carbons (Fsp3) is 0.364. The van der Waals surface area contributed by atoms with Gasteiger partial charge in [-0.1, -0.05) is 46.4 Å². The van der Waals surface area contributed by atoms with E-state index in [4.69, 9.17) is 62.7 Å². The zero-order chi connectivity index (χ0) is 16.5. The van der Waals surface area contributed by atoms with Gasteiger partial charge in [0.25, 0.3) is 0 Å². The summed E-state index contributed by atoms with van der Waals surface area (Å²) in [5.41, 5.74) is -1.25. The second-order valence-electron chi connectivity index (χ2n) is 4.01. The highest BCUT2D eigenvalue weighted by atomic mass is 35.5. The quantitative estimate of drug-likeness (QED) is 0.418. The SMILES string of the molecule is Cc1c(Cl)c(C(=O)OC(Cl)CCl)c(Cl)c(Cl)c1S(C)(=O)=O. The molecule has 1 rings (SSSR count). The predicted octanol–water partition coefficient (Wildman–Crippen LogP) is 4.32. The number of carbonyl (C=O) groups excluding carboxylic acids is 1. The summed E-state index contributed by atoms with van der Waals surface area (Å²) >= 11 is 28.9. The third kappa shape index (κ3) is 4.09. The Balaban J connectivity index is 3.56. The van der Waals surface area contributed by atoms with Gasteiger partial charge in [-0.05, 0) is 12.5 Å². The average Bonchev–Trinajstić information content (AvgIpc) is 2.35. The van der Waals surface area contributed by atoms with E-state index >= 15 is 0 Å². The molecule has 4 nitrogen and oxygen atoms in total. The molecule has 0 bridgehead atoms. The lowest BCUT2D eigenvalue weighted by molar-refractivity contribution is 0.0476. The number of sulfone groups is 1. The Hall–Kier alpha value is 0.0900. The summed E-state index contributed by atoms with van der Waals surface area (Å²) in [6.07, 6.45) is 0.953. The van der Waals surface area contributed by atoms with Crippen LogP contribution in [0.1, 0.15) is 15.9 Å². The molecular weight excluding hydrogens is 405 g/mol. The molecule has 0 amide bonds. The highest BCUT2D eigenvalue weighted by Gasteiger charge is 2.29. The number of rotatable bonds is 4. The van der Waals surface area contributed by atoms with Crippen LogP contribution in [0.25, 0.3) is 0 Å². The minimum absolute atomic E-state index is 0.0949. The fourth-order valence-corrected chi connectivity index (χ4v) is 4.16. The van der Waals surface area contributed by atoms with Gasteiger partial charge < -0.3 is 4.74 Å². The molecule has 0 radical (unpaired) electrons. The van der Waals surface area contributed by atoms with Crippen LogP contribution in [0.15, 0.2) is 4.90 Å². The third-order valence-corrected chi connectivity index (χ3v) is 5.80. The van der Waals surface area contributed by atoms with Gasteiger partial charge in [-0.25, -0.2) is 13.2 Å². The normalized spacial score (nSPS) is 13.1. The molecule has 1 unspecified atom stereocenters. The Morgan fingerprint density at radius 2 is 1.71 bits per heavy atom. The molecule has 0 saturated heterocycles. The molecule has 0 aliphatic rings. The van der Waals surface area contributed by atoms with Crippen LogP contribution in [0.2, 0.25) is 15.1 Å². The number of carbonyl (C=O) groups is 1. The maximum atomic E-state index is 12.0. The number of hydrogen-bond donors (Lipinski definition) is 0. The highest BCUT2D eigenvalue weighted by Crippen LogP contribution is 2.40. The molecule has 0 fully saturated rings. The van der Waals surface area contributed by atoms with E-state index in [0.717, 1.165) is 6.26 Å². The van der Waals surface area contributed by atoms with Gasteiger partial charge in [0, 0.05) is 6.26 Å². The molecule has 0 aromatic heterocycles. The van der Waals surface area contributed by atoms with Crippen molar-refractivity contribution in [2.45, 2.75) is 17.4 Å². The maximum absolute atomic E-state index is 12.0. The Morgan fingerprint density at radius 1 is 1.19 bits per heavy atom. The lowest BCUT2D eigenvalue weighted by atomic mass is 10.1. The Kier molecular flexibility index (Phi) is 6.48. The predicted molar refractivity (Wildman–Crippen MR) is 85.1 cm³/mol. The van der Waals surface area contributed by atoms with Crippen molar-refractivity contribution in [3.63, 3.8) is 0 Å². The molecule has 21 heavy (non-hydrogen) atoms. The Bertz CT molecular complexity index is 657. The van der Waals surface area contributed by atoms with Crippen molar-refractivity contribution >= 4 is 73.8 Å². The molecule has 0 spiro atoms. The van der Waals surface area contributed by atoms with E-state index in [1.165, 1.54) is 6.92 Å². The molecule has 0 heterocycles. The molecule has 1 aromatic rings. The van der Waals surface area contributed by atoms with E-state index in [-0.39, 0.29) is 37.0 Å². The van der Waals surface area contributed by atoms with Crippen LogP contribution in [0.4, 0.5) is 0 Å². The van der Waals surface area contributed by atoms with E-state index in [2.05, 4.69) is 0 Å². The van der Waals surface area contributed by atoms with E-state index in [0.29, 0.717) is 0 Å². The Labute approximate surface area is 147 Å². The molecule has 10 heteroatoms. The minimum atomic E-state index is -3.68. The summed E-state index contributed by atoms with van der Waals surface area (Å²) in [6, 6.07) is 0. The maximum Gasteiger partial charge on any atom is 0.342 e. The highest BCUT2D eigenvalue weighted by molar-refractivity contribution is 7.90. The fourth-order valence-electron chi connectivity index (χ4n) is 1.58. The van der Waals surface area contributed by atoms with Gasteiger partial charge in [0.1, 0.15) is 0 Å². The number of alkyl halides is 2. The molecule has 1 atom stereocenters. The van der Waals surface area contributed by atoms with E-state index < -0.39 is 21.4 Å². The molecule has 118 valence electrons. The summed E-state index contributed by atoms with van der Waals surface area (Å²) in [4.78, 5) is 11.7. The first-order valence-corrected chi connectivity index (χ1v) is 9.30. The molecular formula is C11H9Cl5O4S. The molecule has 0 N–H and O–H groups in total. The van der Waals surface area contributed by atoms with Crippen LogP contribution in [0, 0.1) is 6.92 Å². The van der Waals surface area contributed by atoms with Crippen LogP contribution < -0.4 is 0 Å². The van der Waals surface area contributed by atoms with Gasteiger partial charge in [-0.15, -0.1) is 11.6 Å². The first-order valence-electron chi connectivity index (χ1n) is 5.30. The lowest BCUT2D eigenvalue weighted by Crippen LogP contribution is -2.16. The molecule has 1 aromatic carbocycles. The minimum Gasteiger partial charge on any atom is -0.441 e. The topological polar surface area (TPSA) is 60.4 Å². The van der Waals surface area contributed by atoms with E-state index in [9.17, 15) is 13.2 Å². The largest absolute Gasteiger partial charge is 0.441 e. The molecule has 0 aliphatic heterocycles. The van der Waals surface area contributed by atoms with Crippen LogP contribution in [0.5, 0.6) is 0 Å². The first kappa shape index (κ1) is 19.1. The van der Waals surface area contributed by atoms with Crippen molar-refractivity contribution < 1.29 is 17.9 Å². The van der Waals surface area contributed by atoms with Crippen molar-refractivity contribution in [3.8, 4) is 0 Å². The van der Waals surface area contributed by atoms with Gasteiger partial charge >= 0.3 is 5.97 Å². The van der Waals surface area contributed by atoms with Crippen LogP contribution in [0.3, 0.4) is 0 Å². The number of hydrogen-bond acceptors (Lipinski definition) is 4. The smallest absolute Gasteiger partial charge is 0.342 e. The summed E-state index contributed by atoms with van der Waals surface area (Å²) in [7, 11) is -3.68. The number of halogens is 5. The van der Waals surface area contributed by atoms with Gasteiger partial charge in [0.2, 0.25) is 0 Å². The van der Waals surface area contributed by atoms with Crippen molar-refractivity contribution in [1.29, 1.82) is 0 Å². The third-order valence-electron chi connectivity index (χ3n) is 2.43. The van der Waals surface area contributed by atoms with Crippen LogP contribution >= 0.6 is 58.0 Å². The van der Waals surface area contributed by atoms with E-state index in [1.54, 1.807) is 0 Å². The lowest BCUT2D eigenvalue weighted by Gasteiger charge is -2.16. The van der Waals surface area contributed by atoms with Crippen molar-refractivity contribution in [3.05, 3.63) is 26.2 Å². The zero-order valence-corrected chi connectivity index (χ0v) is 15.3. The zero-order valence-electron chi connectivity index (χ0n) is 10.7. The average molecular weight is 415 g/mol.